The van der Waals surface area contributed by atoms with Gasteiger partial charge in [-0.15, -0.1) is 45.3 Å². The number of thiophene rings is 4. The Bertz CT molecular complexity index is 4790. The Morgan fingerprint density at radius 3 is 0.682 bits per heavy atom. The highest BCUT2D eigenvalue weighted by molar-refractivity contribution is 7.26. The molecule has 0 saturated carbocycles. The summed E-state index contributed by atoms with van der Waals surface area (Å²) >= 11 is 7.68. The quantitative estimate of drug-likeness (QED) is 0.142. The number of aromatic nitrogens is 4. The van der Waals surface area contributed by atoms with Gasteiger partial charge in [-0.2, -0.15) is 0 Å². The Morgan fingerprint density at radius 2 is 0.432 bits per heavy atom. The first-order chi connectivity index (χ1) is 43.5. The van der Waals surface area contributed by atoms with Gasteiger partial charge in [0.05, 0.1) is 45.6 Å². The van der Waals surface area contributed by atoms with E-state index >= 15 is 0 Å². The molecule has 6 aromatic heterocycles. The summed E-state index contributed by atoms with van der Waals surface area (Å²) in [5.74, 6) is 4.06. The maximum absolute atomic E-state index is 5.64. The van der Waals surface area contributed by atoms with Gasteiger partial charge in [0.25, 0.3) is 0 Å². The third-order valence-corrected chi connectivity index (χ3v) is 26.1. The molecule has 24 bridgehead atoms. The molecule has 26 rings (SSSR count). The lowest BCUT2D eigenvalue weighted by Gasteiger charge is -2.33. The first-order valence-electron chi connectivity index (χ1n) is 31.9. The lowest BCUT2D eigenvalue weighted by Crippen LogP contribution is -2.18. The first-order valence-corrected chi connectivity index (χ1v) is 35.2. The Kier molecular flexibility index (Phi) is 10.5. The number of fused-ring (bicyclic) bond motifs is 32. The molecule has 0 radical (unpaired) electrons. The summed E-state index contributed by atoms with van der Waals surface area (Å²) in [6, 6.07) is 53.7. The summed E-state index contributed by atoms with van der Waals surface area (Å²) in [6.07, 6.45) is 30.2. The van der Waals surface area contributed by atoms with E-state index < -0.39 is 0 Å². The van der Waals surface area contributed by atoms with E-state index in [0.717, 1.165) is 22.8 Å². The SMILES string of the molecule is C1=CC2CCC1C1=C2c2cc3sc(cc4nc(cc5sc(cc1n2)c1c5C2C=CC1CC2)C1=C4C2C=CC1CC2)c1c3C2C=CC1CC2.c1ccc2c(c1)-c1cc3sc(cc4nc(cc5sc(cc-2n1)c1ccccc51)-c1ccccc1-4)c1ccccc31. The molecule has 0 spiro atoms. The van der Waals surface area contributed by atoms with Crippen LogP contribution in [-0.4, -0.2) is 19.9 Å². The van der Waals surface area contributed by atoms with Gasteiger partial charge in [0, 0.05) is 129 Å². The van der Waals surface area contributed by atoms with Crippen molar-refractivity contribution in [3.05, 3.63) is 239 Å². The Morgan fingerprint density at radius 1 is 0.227 bits per heavy atom. The van der Waals surface area contributed by atoms with E-state index in [2.05, 4.69) is 194 Å². The van der Waals surface area contributed by atoms with Crippen LogP contribution in [0.5, 0.6) is 0 Å². The molecule has 0 saturated heterocycles. The molecular weight excluding hydrogens is 1150 g/mol. The molecule has 8 unspecified atom stereocenters. The summed E-state index contributed by atoms with van der Waals surface area (Å²) in [5, 5.41) is 4.99. The number of nitrogens with zero attached hydrogens (tertiary/aromatic N) is 4. The average molecular weight is 1200 g/mol. The van der Waals surface area contributed by atoms with E-state index in [-0.39, 0.29) is 0 Å². The van der Waals surface area contributed by atoms with Crippen LogP contribution in [0.2, 0.25) is 0 Å². The summed E-state index contributed by atoms with van der Waals surface area (Å²) in [4.78, 5) is 21.7. The van der Waals surface area contributed by atoms with Crippen LogP contribution in [0.15, 0.2) is 194 Å². The predicted molar refractivity (Wildman–Crippen MR) is 372 cm³/mol. The van der Waals surface area contributed by atoms with Gasteiger partial charge in [-0.1, -0.05) is 146 Å². The number of allylic oxidation sites excluding steroid dienone is 12. The second kappa shape index (κ2) is 18.7. The van der Waals surface area contributed by atoms with Crippen molar-refractivity contribution in [1.29, 1.82) is 0 Å². The zero-order valence-electron chi connectivity index (χ0n) is 48.2. The van der Waals surface area contributed by atoms with Crippen molar-refractivity contribution < 1.29 is 0 Å². The topological polar surface area (TPSA) is 51.6 Å². The lowest BCUT2D eigenvalue weighted by molar-refractivity contribution is 0.557. The second-order valence-corrected chi connectivity index (χ2v) is 30.5. The standard InChI is InChI=1S/C44H36N2S2.C36H20N2S2/c1-2-22-4-3-21(1)37-29-17-33-41-25-9-11-27(12-10-25)43(41)35(47-33)19-31-39-23-5-7-24(8-6-23)40(39)32(46-31)20-36-44-28-15-13-26(14-16-28)42(44)34(48-36)18-30(45-29)38(22)37;1-2-10-22-21(9-1)29-17-33-25-13-5-6-14-26(25)35(39-33)19-31-23-11-3-4-12-24(23)32(38-31)20-36-28-16-8-7-15-27(28)34(40-36)18-30(22)37-29/h1-2,5,7,9,11,13,15,17-28H,3-4,6,8,10,12,14,16H2;1-20H. The van der Waals surface area contributed by atoms with Crippen LogP contribution < -0.4 is 0 Å². The highest BCUT2D eigenvalue weighted by atomic mass is 32.1. The normalized spacial score (nSPS) is 23.7. The van der Waals surface area contributed by atoms with Crippen LogP contribution in [-0.2, 0) is 0 Å². The Hall–Kier alpha value is -8.24. The smallest absolute Gasteiger partial charge is 0.0730 e. The van der Waals surface area contributed by atoms with Crippen LogP contribution in [0.4, 0.5) is 0 Å². The Labute approximate surface area is 525 Å². The molecule has 8 heteroatoms. The Balaban J connectivity index is 0.000000123. The molecule has 10 aromatic rings. The van der Waals surface area contributed by atoms with Crippen LogP contribution in [0, 0.1) is 23.7 Å². The summed E-state index contributed by atoms with van der Waals surface area (Å²) in [6.45, 7) is 0. The molecule has 420 valence electrons. The minimum absolute atomic E-state index is 0.493. The van der Waals surface area contributed by atoms with Gasteiger partial charge in [-0.05, 0) is 144 Å². The van der Waals surface area contributed by atoms with Gasteiger partial charge in [0.1, 0.15) is 0 Å². The van der Waals surface area contributed by atoms with Gasteiger partial charge in [-0.3, -0.25) is 0 Å². The van der Waals surface area contributed by atoms with E-state index in [1.807, 2.05) is 45.3 Å². The average Bonchev–Trinajstić information content (AvgIpc) is 2.68. The maximum Gasteiger partial charge on any atom is 0.0730 e. The first kappa shape index (κ1) is 49.7. The molecule has 88 heavy (non-hydrogen) atoms. The molecule has 4 aromatic carbocycles. The van der Waals surface area contributed by atoms with E-state index in [1.54, 1.807) is 22.3 Å². The summed E-state index contributed by atoms with van der Waals surface area (Å²) in [5.41, 5.74) is 26.3. The van der Waals surface area contributed by atoms with Gasteiger partial charge in [-0.25, -0.2) is 19.9 Å². The third kappa shape index (κ3) is 7.23. The molecular formula is C80H56N4S4. The zero-order chi connectivity index (χ0) is 57.0. The highest BCUT2D eigenvalue weighted by Gasteiger charge is 2.41. The summed E-state index contributed by atoms with van der Waals surface area (Å²) in [7, 11) is 0. The maximum atomic E-state index is 5.64. The minimum atomic E-state index is 0.493. The number of hydrogen-bond donors (Lipinski definition) is 0. The van der Waals surface area contributed by atoms with Gasteiger partial charge < -0.3 is 0 Å². The zero-order valence-corrected chi connectivity index (χ0v) is 51.4. The molecule has 4 nitrogen and oxygen atoms in total. The molecule has 0 N–H and O–H groups in total. The molecule has 0 amide bonds. The van der Waals surface area contributed by atoms with Gasteiger partial charge in [0.15, 0.2) is 0 Å². The van der Waals surface area contributed by atoms with E-state index in [0.29, 0.717) is 47.3 Å². The third-order valence-electron chi connectivity index (χ3n) is 21.6. The summed E-state index contributed by atoms with van der Waals surface area (Å²) < 4.78 is 10.7. The lowest BCUT2D eigenvalue weighted by atomic mass is 9.70. The molecule has 12 aliphatic carbocycles. The molecule has 8 atom stereocenters. The van der Waals surface area contributed by atoms with E-state index in [1.165, 1.54) is 178 Å². The number of benzene rings is 4. The second-order valence-electron chi connectivity index (χ2n) is 26.2. The molecule has 10 heterocycles. The van der Waals surface area contributed by atoms with Crippen molar-refractivity contribution >= 4 is 127 Å². The minimum Gasteiger partial charge on any atom is -0.248 e. The largest absolute Gasteiger partial charge is 0.248 e. The molecule has 4 aliphatic heterocycles. The van der Waals surface area contributed by atoms with Crippen molar-refractivity contribution in [2.75, 3.05) is 0 Å². The van der Waals surface area contributed by atoms with Crippen molar-refractivity contribution in [2.24, 2.45) is 23.7 Å². The fourth-order valence-electron chi connectivity index (χ4n) is 17.7. The van der Waals surface area contributed by atoms with Crippen LogP contribution in [0.25, 0.3) is 126 Å². The highest BCUT2D eigenvalue weighted by Crippen LogP contribution is 2.59. The monoisotopic (exact) mass is 1200 g/mol. The van der Waals surface area contributed by atoms with E-state index in [4.69, 9.17) is 19.9 Å². The number of rotatable bonds is 0. The fourth-order valence-corrected chi connectivity index (χ4v) is 22.7. The number of hydrogen-bond acceptors (Lipinski definition) is 8. The van der Waals surface area contributed by atoms with Crippen LogP contribution in [0.3, 0.4) is 0 Å². The van der Waals surface area contributed by atoms with Crippen LogP contribution in [0.1, 0.15) is 120 Å². The van der Waals surface area contributed by atoms with Crippen molar-refractivity contribution in [1.82, 2.24) is 19.9 Å². The van der Waals surface area contributed by atoms with E-state index in [9.17, 15) is 0 Å². The van der Waals surface area contributed by atoms with Crippen molar-refractivity contribution in [3.63, 3.8) is 0 Å². The van der Waals surface area contributed by atoms with Gasteiger partial charge in [0.2, 0.25) is 0 Å². The van der Waals surface area contributed by atoms with Crippen LogP contribution >= 0.6 is 45.3 Å². The fraction of sp³-hybridized carbons (Fsp3) is 0.200. The van der Waals surface area contributed by atoms with Crippen molar-refractivity contribution in [3.8, 4) is 45.0 Å². The predicted octanol–water partition coefficient (Wildman–Crippen LogP) is 22.6. The van der Waals surface area contributed by atoms with Crippen molar-refractivity contribution in [2.45, 2.75) is 75.0 Å². The molecule has 16 aliphatic rings. The van der Waals surface area contributed by atoms with Gasteiger partial charge >= 0.3 is 0 Å². The molecule has 0 fully saturated rings.